The molecule has 1 saturated carbocycles. The molecule has 1 aliphatic rings. The quantitative estimate of drug-likeness (QED) is 0.765. The Morgan fingerprint density at radius 1 is 1.47 bits per heavy atom. The lowest BCUT2D eigenvalue weighted by Crippen LogP contribution is -2.52. The SMILES string of the molecule is CC(O)C(=O)O[C@@]1(C(C)C)CC[C@H](C)CC1=O. The van der Waals surface area contributed by atoms with Crippen molar-refractivity contribution >= 4 is 11.8 Å². The number of hydrogen-bond acceptors (Lipinski definition) is 4. The molecular formula is C13H22O4. The molecule has 0 aliphatic heterocycles. The van der Waals surface area contributed by atoms with Crippen LogP contribution < -0.4 is 0 Å². The summed E-state index contributed by atoms with van der Waals surface area (Å²) < 4.78 is 5.32. The summed E-state index contributed by atoms with van der Waals surface area (Å²) in [5.41, 5.74) is -1.03. The van der Waals surface area contributed by atoms with Crippen LogP contribution in [0.25, 0.3) is 0 Å². The summed E-state index contributed by atoms with van der Waals surface area (Å²) in [4.78, 5) is 23.7. The molecule has 98 valence electrons. The second-order valence-corrected chi connectivity index (χ2v) is 5.41. The number of carbonyl (C=O) groups is 2. The van der Waals surface area contributed by atoms with E-state index in [0.717, 1.165) is 6.42 Å². The van der Waals surface area contributed by atoms with Gasteiger partial charge in [-0.3, -0.25) is 4.79 Å². The van der Waals surface area contributed by atoms with Gasteiger partial charge in [0, 0.05) is 12.3 Å². The van der Waals surface area contributed by atoms with Gasteiger partial charge in [0.15, 0.2) is 11.4 Å². The minimum absolute atomic E-state index is 0.0137. The highest BCUT2D eigenvalue weighted by Gasteiger charge is 2.48. The third-order valence-corrected chi connectivity index (χ3v) is 3.57. The van der Waals surface area contributed by atoms with E-state index in [1.807, 2.05) is 20.8 Å². The third-order valence-electron chi connectivity index (χ3n) is 3.57. The second-order valence-electron chi connectivity index (χ2n) is 5.41. The van der Waals surface area contributed by atoms with Gasteiger partial charge in [-0.1, -0.05) is 20.8 Å². The van der Waals surface area contributed by atoms with Gasteiger partial charge < -0.3 is 9.84 Å². The summed E-state index contributed by atoms with van der Waals surface area (Å²) in [5, 5.41) is 9.20. The first-order chi connectivity index (χ1) is 7.79. The lowest BCUT2D eigenvalue weighted by atomic mass is 9.72. The number of ketones is 1. The summed E-state index contributed by atoms with van der Waals surface area (Å²) >= 11 is 0. The smallest absolute Gasteiger partial charge is 0.335 e. The molecule has 0 aromatic heterocycles. The summed E-state index contributed by atoms with van der Waals surface area (Å²) in [6, 6.07) is 0. The average molecular weight is 242 g/mol. The Morgan fingerprint density at radius 2 is 2.06 bits per heavy atom. The van der Waals surface area contributed by atoms with Gasteiger partial charge in [0.05, 0.1) is 0 Å². The van der Waals surface area contributed by atoms with Gasteiger partial charge in [-0.25, -0.2) is 4.79 Å². The molecule has 0 heterocycles. The van der Waals surface area contributed by atoms with Crippen molar-refractivity contribution in [2.45, 2.75) is 58.7 Å². The van der Waals surface area contributed by atoms with Crippen LogP contribution in [0.1, 0.15) is 47.0 Å². The van der Waals surface area contributed by atoms with Crippen LogP contribution in [0.5, 0.6) is 0 Å². The molecular weight excluding hydrogens is 220 g/mol. The number of aliphatic hydroxyl groups excluding tert-OH is 1. The Kier molecular flexibility index (Phi) is 4.31. The van der Waals surface area contributed by atoms with E-state index < -0.39 is 17.7 Å². The normalized spacial score (nSPS) is 31.4. The molecule has 0 saturated heterocycles. The molecule has 0 aromatic rings. The monoisotopic (exact) mass is 242 g/mol. The molecule has 1 fully saturated rings. The fraction of sp³-hybridized carbons (Fsp3) is 0.846. The van der Waals surface area contributed by atoms with E-state index in [1.54, 1.807) is 0 Å². The number of carbonyl (C=O) groups excluding carboxylic acids is 2. The first kappa shape index (κ1) is 14.2. The van der Waals surface area contributed by atoms with Gasteiger partial charge in [-0.15, -0.1) is 0 Å². The van der Waals surface area contributed by atoms with Crippen molar-refractivity contribution < 1.29 is 19.4 Å². The molecule has 0 aromatic carbocycles. The Hall–Kier alpha value is -0.900. The molecule has 0 bridgehead atoms. The van der Waals surface area contributed by atoms with Gasteiger partial charge in [0.25, 0.3) is 0 Å². The van der Waals surface area contributed by atoms with Crippen molar-refractivity contribution in [1.29, 1.82) is 0 Å². The van der Waals surface area contributed by atoms with E-state index in [9.17, 15) is 14.7 Å². The van der Waals surface area contributed by atoms with E-state index in [4.69, 9.17) is 4.74 Å². The predicted octanol–water partition coefficient (Wildman–Crippen LogP) is 1.69. The molecule has 3 atom stereocenters. The molecule has 4 heteroatoms. The molecule has 0 amide bonds. The van der Waals surface area contributed by atoms with Crippen LogP contribution in [0.15, 0.2) is 0 Å². The summed E-state index contributed by atoms with van der Waals surface area (Å²) in [6.07, 6.45) is 0.698. The Labute approximate surface area is 102 Å². The second kappa shape index (κ2) is 5.17. The maximum Gasteiger partial charge on any atom is 0.335 e. The van der Waals surface area contributed by atoms with Crippen LogP contribution in [0.2, 0.25) is 0 Å². The molecule has 1 aliphatic carbocycles. The van der Waals surface area contributed by atoms with Gasteiger partial charge >= 0.3 is 5.97 Å². The molecule has 17 heavy (non-hydrogen) atoms. The van der Waals surface area contributed by atoms with Crippen LogP contribution in [0.4, 0.5) is 0 Å². The zero-order chi connectivity index (χ0) is 13.2. The number of aliphatic hydroxyl groups is 1. The van der Waals surface area contributed by atoms with Gasteiger partial charge in [-0.05, 0) is 25.7 Å². The van der Waals surface area contributed by atoms with Crippen molar-refractivity contribution in [3.63, 3.8) is 0 Å². The fourth-order valence-corrected chi connectivity index (χ4v) is 2.29. The average Bonchev–Trinajstić information content (AvgIpc) is 2.21. The van der Waals surface area contributed by atoms with Crippen molar-refractivity contribution in [2.75, 3.05) is 0 Å². The van der Waals surface area contributed by atoms with E-state index in [0.29, 0.717) is 18.8 Å². The topological polar surface area (TPSA) is 63.6 Å². The molecule has 0 spiro atoms. The fourth-order valence-electron chi connectivity index (χ4n) is 2.29. The molecule has 0 radical (unpaired) electrons. The number of rotatable bonds is 3. The van der Waals surface area contributed by atoms with Crippen molar-refractivity contribution in [1.82, 2.24) is 0 Å². The molecule has 1 unspecified atom stereocenters. The van der Waals surface area contributed by atoms with E-state index in [2.05, 4.69) is 0 Å². The number of esters is 1. The highest BCUT2D eigenvalue weighted by molar-refractivity contribution is 5.91. The maximum absolute atomic E-state index is 12.2. The minimum atomic E-state index is -1.18. The van der Waals surface area contributed by atoms with Crippen molar-refractivity contribution in [2.24, 2.45) is 11.8 Å². The van der Waals surface area contributed by atoms with Crippen LogP contribution in [-0.2, 0) is 14.3 Å². The van der Waals surface area contributed by atoms with Crippen LogP contribution in [0, 0.1) is 11.8 Å². The zero-order valence-electron chi connectivity index (χ0n) is 11.0. The highest BCUT2D eigenvalue weighted by Crippen LogP contribution is 2.37. The summed E-state index contributed by atoms with van der Waals surface area (Å²) in [7, 11) is 0. The van der Waals surface area contributed by atoms with Gasteiger partial charge in [0.2, 0.25) is 0 Å². The van der Waals surface area contributed by atoms with E-state index in [-0.39, 0.29) is 11.7 Å². The summed E-state index contributed by atoms with van der Waals surface area (Å²) in [5.74, 6) is -0.438. The van der Waals surface area contributed by atoms with Crippen molar-refractivity contribution in [3.05, 3.63) is 0 Å². The molecule has 4 nitrogen and oxygen atoms in total. The van der Waals surface area contributed by atoms with Crippen LogP contribution >= 0.6 is 0 Å². The van der Waals surface area contributed by atoms with E-state index in [1.165, 1.54) is 6.92 Å². The van der Waals surface area contributed by atoms with Gasteiger partial charge in [0.1, 0.15) is 6.10 Å². The number of hydrogen-bond donors (Lipinski definition) is 1. The molecule has 1 rings (SSSR count). The lowest BCUT2D eigenvalue weighted by molar-refractivity contribution is -0.184. The number of Topliss-reactive ketones (excluding diaryl/α,β-unsaturated/α-hetero) is 1. The Morgan fingerprint density at radius 3 is 2.47 bits per heavy atom. The van der Waals surface area contributed by atoms with Crippen LogP contribution in [-0.4, -0.2) is 28.6 Å². The summed E-state index contributed by atoms with van der Waals surface area (Å²) in [6.45, 7) is 7.14. The maximum atomic E-state index is 12.2. The van der Waals surface area contributed by atoms with Gasteiger partial charge in [-0.2, -0.15) is 0 Å². The Balaban J connectivity index is 2.90. The Bertz CT molecular complexity index is 309. The number of ether oxygens (including phenoxy) is 1. The van der Waals surface area contributed by atoms with Crippen molar-refractivity contribution in [3.8, 4) is 0 Å². The lowest BCUT2D eigenvalue weighted by Gasteiger charge is -2.40. The zero-order valence-corrected chi connectivity index (χ0v) is 11.0. The first-order valence-electron chi connectivity index (χ1n) is 6.24. The third kappa shape index (κ3) is 2.86. The highest BCUT2D eigenvalue weighted by atomic mass is 16.6. The standard InChI is InChI=1S/C13H22O4/c1-8(2)13(17-12(16)10(4)14)6-5-9(3)7-11(13)15/h8-10,14H,5-7H2,1-4H3/t9-,10?,13+/m0/s1. The minimum Gasteiger partial charge on any atom is -0.449 e. The van der Waals surface area contributed by atoms with E-state index >= 15 is 0 Å². The van der Waals surface area contributed by atoms with Crippen LogP contribution in [0.3, 0.4) is 0 Å². The molecule has 1 N–H and O–H groups in total. The first-order valence-corrected chi connectivity index (χ1v) is 6.24. The largest absolute Gasteiger partial charge is 0.449 e. The predicted molar refractivity (Wildman–Crippen MR) is 63.4 cm³/mol.